The molecule has 0 bridgehead atoms. The first-order chi connectivity index (χ1) is 33.6. The summed E-state index contributed by atoms with van der Waals surface area (Å²) >= 11 is 3.36. The fraction of sp³-hybridized carbons (Fsp3) is 0.424. The van der Waals surface area contributed by atoms with Gasteiger partial charge in [-0.25, -0.2) is 0 Å². The van der Waals surface area contributed by atoms with Crippen LogP contribution in [0.25, 0.3) is 43.1 Å². The maximum Gasteiger partial charge on any atom is -0.0535 e. The molecule has 6 saturated carbocycles. The van der Waals surface area contributed by atoms with E-state index in [-0.39, 0.29) is 24.8 Å². The smallest absolute Gasteiger partial charge is 0.0535 e. The summed E-state index contributed by atoms with van der Waals surface area (Å²) in [5, 5.41) is 11.6. The van der Waals surface area contributed by atoms with E-state index in [0.29, 0.717) is 0 Å². The van der Waals surface area contributed by atoms with E-state index in [2.05, 4.69) is 146 Å². The van der Waals surface area contributed by atoms with Crippen LogP contribution in [0.1, 0.15) is 200 Å². The first-order valence-electron chi connectivity index (χ1n) is 27.3. The van der Waals surface area contributed by atoms with Crippen molar-refractivity contribution in [3.05, 3.63) is 168 Å². The third-order valence-corrected chi connectivity index (χ3v) is 18.9. The summed E-state index contributed by atoms with van der Waals surface area (Å²) in [6, 6.07) is 53.5. The maximum atomic E-state index is 2.33. The molecule has 70 heavy (non-hydrogen) atoms. The minimum Gasteiger partial charge on any atom is -0.150 e. The van der Waals surface area contributed by atoms with Gasteiger partial charge in [0.25, 0.3) is 0 Å². The van der Waals surface area contributed by atoms with Gasteiger partial charge in [-0.15, -0.1) is 164 Å². The van der Waals surface area contributed by atoms with E-state index in [1.165, 1.54) is 197 Å². The van der Waals surface area contributed by atoms with Crippen LogP contribution in [0.2, 0.25) is 0 Å². The van der Waals surface area contributed by atoms with Crippen molar-refractivity contribution in [2.75, 3.05) is 0 Å². The van der Waals surface area contributed by atoms with Crippen molar-refractivity contribution in [3.63, 3.8) is 0 Å². The normalized spacial score (nSPS) is 18.3. The Morgan fingerprint density at radius 3 is 0.671 bits per heavy atom. The summed E-state index contributed by atoms with van der Waals surface area (Å²) in [6.45, 7) is 0. The second kappa shape index (κ2) is 28.7. The molecule has 0 spiro atoms. The summed E-state index contributed by atoms with van der Waals surface area (Å²) < 4.78 is 3.59. The minimum atomic E-state index is 0. The van der Waals surface area contributed by atoms with Crippen molar-refractivity contribution in [3.8, 4) is 0 Å². The van der Waals surface area contributed by atoms with Crippen molar-refractivity contribution >= 4 is 49.5 Å². The summed E-state index contributed by atoms with van der Waals surface area (Å²) in [4.78, 5) is 0. The molecule has 0 saturated heterocycles. The summed E-state index contributed by atoms with van der Waals surface area (Å²) in [6.07, 6.45) is 34.2. The zero-order chi connectivity index (χ0) is 46.3. The summed E-state index contributed by atoms with van der Waals surface area (Å²) in [5.74, 6) is 3.37. The van der Waals surface area contributed by atoms with E-state index in [1.807, 2.05) is 0 Å². The molecule has 364 valence electrons. The number of fused-ring (bicyclic) bond motifs is 4. The Hall–Kier alpha value is -2.59. The fourth-order valence-electron chi connectivity index (χ4n) is 12.7. The fourth-order valence-corrected chi connectivity index (χ4v) is 14.4. The van der Waals surface area contributed by atoms with E-state index in [4.69, 9.17) is 0 Å². The number of rotatable bonds is 4. The van der Waals surface area contributed by atoms with Crippen LogP contribution >= 0.6 is 0 Å². The van der Waals surface area contributed by atoms with Crippen LogP contribution in [-0.2, 0) is 48.5 Å². The monoisotopic (exact) mass is 1120 g/mol. The average Bonchev–Trinajstić information content (AvgIpc) is 4.22. The van der Waals surface area contributed by atoms with Crippen LogP contribution in [0.4, 0.5) is 0 Å². The summed E-state index contributed by atoms with van der Waals surface area (Å²) in [7, 11) is 0. The Bertz CT molecular complexity index is 2400. The van der Waals surface area contributed by atoms with E-state index >= 15 is 0 Å². The molecular formula is C66H76Cl2Zr2-2. The molecule has 6 fully saturated rings. The zero-order valence-electron chi connectivity index (χ0n) is 41.9. The molecule has 4 heteroatoms. The molecule has 0 atom stereocenters. The van der Waals surface area contributed by atoms with Gasteiger partial charge in [0, 0.05) is 0 Å². The molecule has 0 aliphatic heterocycles. The van der Waals surface area contributed by atoms with Gasteiger partial charge in [0.05, 0.1) is 0 Å². The van der Waals surface area contributed by atoms with Gasteiger partial charge >= 0.3 is 106 Å². The first-order valence-corrected chi connectivity index (χ1v) is 29.7. The van der Waals surface area contributed by atoms with E-state index in [0.717, 1.165) is 23.7 Å². The van der Waals surface area contributed by atoms with Gasteiger partial charge in [-0.05, 0) is 0 Å². The zero-order valence-corrected chi connectivity index (χ0v) is 48.3. The Morgan fingerprint density at radius 2 is 0.486 bits per heavy atom. The Labute approximate surface area is 464 Å². The molecule has 8 aromatic rings. The number of benzene rings is 4. The standard InChI is InChI=1S/4C14H15.2C5H8.2ClH.2Zr/c4*1-2-6-11(5-1)14-10-9-12-7-3-4-8-13(12)14;2*1-2-4-5-3-1;;;;/h4*3-4,7-11H,1-2,5-6H2;2*1-4H2;2*1H;;/q4*-1;;;;;2*+2/p-2. The Balaban J connectivity index is 0.000000126. The van der Waals surface area contributed by atoms with Crippen molar-refractivity contribution < 1.29 is 73.3 Å². The molecule has 0 heterocycles. The molecule has 0 amide bonds. The molecule has 8 aromatic carbocycles. The van der Waals surface area contributed by atoms with Gasteiger partial charge in [0.2, 0.25) is 0 Å². The van der Waals surface area contributed by atoms with Gasteiger partial charge in [-0.2, -0.15) is 22.3 Å². The van der Waals surface area contributed by atoms with E-state index < -0.39 is 0 Å². The predicted octanol–water partition coefficient (Wildman–Crippen LogP) is 13.4. The van der Waals surface area contributed by atoms with Crippen molar-refractivity contribution in [2.45, 2.75) is 178 Å². The molecule has 0 N–H and O–H groups in total. The molecule has 0 nitrogen and oxygen atoms in total. The molecular weight excluding hydrogens is 1050 g/mol. The maximum absolute atomic E-state index is 2.33. The quantitative estimate of drug-likeness (QED) is 0.154. The largest absolute Gasteiger partial charge is 0.150 e. The van der Waals surface area contributed by atoms with Crippen LogP contribution in [0, 0.1) is 0 Å². The predicted molar refractivity (Wildman–Crippen MR) is 290 cm³/mol. The van der Waals surface area contributed by atoms with Gasteiger partial charge in [-0.3, -0.25) is 0 Å². The van der Waals surface area contributed by atoms with Gasteiger partial charge < -0.3 is 24.8 Å². The SMILES string of the molecule is [Cl-].[Cl-].[Zr+2]=[C]1CCCC1.[Zr+2]=[C]1CCCC1.c1ccc2c(C3CCCC3)c[cH-]c2c1.c1ccc2c(C3CCCC3)c[cH-]c2c1.c1ccc2c(C3CCCC3)c[cH-]c2c1.c1ccc2c(C3CCCC3)c[cH-]c2c1. The third-order valence-electron chi connectivity index (χ3n) is 16.5. The number of hydrogen-bond acceptors (Lipinski definition) is 0. The number of hydrogen-bond donors (Lipinski definition) is 0. The van der Waals surface area contributed by atoms with Crippen LogP contribution < -0.4 is 24.8 Å². The van der Waals surface area contributed by atoms with E-state index in [9.17, 15) is 0 Å². The van der Waals surface area contributed by atoms with Gasteiger partial charge in [0.15, 0.2) is 0 Å². The van der Waals surface area contributed by atoms with Crippen molar-refractivity contribution in [1.82, 2.24) is 0 Å². The van der Waals surface area contributed by atoms with Gasteiger partial charge in [0.1, 0.15) is 0 Å². The molecule has 0 radical (unpaired) electrons. The summed E-state index contributed by atoms with van der Waals surface area (Å²) in [5.41, 5.74) is 6.38. The van der Waals surface area contributed by atoms with Crippen molar-refractivity contribution in [1.29, 1.82) is 0 Å². The number of halogens is 2. The molecule has 0 unspecified atom stereocenters. The third kappa shape index (κ3) is 14.8. The van der Waals surface area contributed by atoms with Crippen LogP contribution in [-0.4, -0.2) is 6.41 Å². The molecule has 14 rings (SSSR count). The Kier molecular flexibility index (Phi) is 22.7. The molecule has 0 aromatic heterocycles. The second-order valence-corrected chi connectivity index (χ2v) is 24.5. The molecule has 6 aliphatic carbocycles. The first kappa shape index (κ1) is 55.2. The van der Waals surface area contributed by atoms with Crippen LogP contribution in [0.3, 0.4) is 0 Å². The Morgan fingerprint density at radius 1 is 0.286 bits per heavy atom. The van der Waals surface area contributed by atoms with Crippen LogP contribution in [0.5, 0.6) is 0 Å². The molecule has 6 aliphatic rings. The van der Waals surface area contributed by atoms with E-state index in [1.54, 1.807) is 77.1 Å². The second-order valence-electron chi connectivity index (χ2n) is 21.1. The van der Waals surface area contributed by atoms with Crippen molar-refractivity contribution in [2.24, 2.45) is 0 Å². The minimum absolute atomic E-state index is 0. The van der Waals surface area contributed by atoms with Gasteiger partial charge in [-0.1, -0.05) is 151 Å². The topological polar surface area (TPSA) is 0 Å². The van der Waals surface area contributed by atoms with Crippen LogP contribution in [0.15, 0.2) is 146 Å². The average molecular weight is 1120 g/mol.